The van der Waals surface area contributed by atoms with Crippen LogP contribution >= 0.6 is 35.9 Å². The summed E-state index contributed by atoms with van der Waals surface area (Å²) in [6, 6.07) is 0. The number of aryl methyl sites for hydroxylation is 1. The highest BCUT2D eigenvalue weighted by Crippen LogP contribution is 2.22. The van der Waals surface area contributed by atoms with E-state index in [-0.39, 0.29) is 0 Å². The zero-order valence-corrected chi connectivity index (χ0v) is 9.68. The van der Waals surface area contributed by atoms with Gasteiger partial charge in [0.15, 0.2) is 4.34 Å². The largest absolute Gasteiger partial charge is 0.213 e. The summed E-state index contributed by atoms with van der Waals surface area (Å²) in [5.74, 6) is 3.53. The summed E-state index contributed by atoms with van der Waals surface area (Å²) in [7, 11) is 0. The molecule has 0 aromatic carbocycles. The second-order valence-corrected chi connectivity index (χ2v) is 5.09. The van der Waals surface area contributed by atoms with Gasteiger partial charge < -0.3 is 0 Å². The van der Waals surface area contributed by atoms with Gasteiger partial charge in [0.25, 0.3) is 0 Å². The highest BCUT2D eigenvalue weighted by molar-refractivity contribution is 8.00. The predicted octanol–water partition coefficient (Wildman–Crippen LogP) is 2.50. The number of nitrogens with zero attached hydrogens (tertiary/aromatic N) is 2. The van der Waals surface area contributed by atoms with Crippen LogP contribution in [0, 0.1) is 12.8 Å². The monoisotopic (exact) mass is 220 g/mol. The second-order valence-electron chi connectivity index (χ2n) is 2.71. The van der Waals surface area contributed by atoms with Crippen molar-refractivity contribution in [1.29, 1.82) is 0 Å². The molecule has 12 heavy (non-hydrogen) atoms. The Labute approximate surface area is 86.8 Å². The Morgan fingerprint density at radius 1 is 1.67 bits per heavy atom. The molecule has 0 aliphatic carbocycles. The van der Waals surface area contributed by atoms with Crippen molar-refractivity contribution in [1.82, 2.24) is 9.36 Å². The minimum absolute atomic E-state index is 0.641. The average Bonchev–Trinajstić information content (AvgIpc) is 2.47. The Bertz CT molecular complexity index is 236. The Kier molecular flexibility index (Phi) is 4.39. The smallest absolute Gasteiger partial charge is 0.170 e. The number of thioether (sulfide) groups is 1. The minimum Gasteiger partial charge on any atom is -0.213 e. The summed E-state index contributed by atoms with van der Waals surface area (Å²) in [5.41, 5.74) is 0. The maximum atomic E-state index is 4.26. The van der Waals surface area contributed by atoms with E-state index in [9.17, 15) is 0 Å². The quantitative estimate of drug-likeness (QED) is 0.623. The molecule has 1 unspecified atom stereocenters. The van der Waals surface area contributed by atoms with Crippen LogP contribution in [0.5, 0.6) is 0 Å². The first-order valence-electron chi connectivity index (χ1n) is 3.76. The molecule has 0 radical (unpaired) electrons. The van der Waals surface area contributed by atoms with Crippen LogP contribution in [0.25, 0.3) is 0 Å². The summed E-state index contributed by atoms with van der Waals surface area (Å²) >= 11 is 7.47. The van der Waals surface area contributed by atoms with Crippen molar-refractivity contribution in [3.05, 3.63) is 5.82 Å². The van der Waals surface area contributed by atoms with Gasteiger partial charge in [0, 0.05) is 5.75 Å². The van der Waals surface area contributed by atoms with E-state index < -0.39 is 0 Å². The highest BCUT2D eigenvalue weighted by Gasteiger charge is 2.04. The van der Waals surface area contributed by atoms with Crippen LogP contribution < -0.4 is 0 Å². The van der Waals surface area contributed by atoms with Crippen molar-refractivity contribution >= 4 is 35.9 Å². The van der Waals surface area contributed by atoms with Crippen molar-refractivity contribution in [2.45, 2.75) is 18.2 Å². The van der Waals surface area contributed by atoms with Crippen LogP contribution in [0.15, 0.2) is 4.34 Å². The van der Waals surface area contributed by atoms with Gasteiger partial charge in [-0.3, -0.25) is 0 Å². The number of rotatable bonds is 4. The first-order chi connectivity index (χ1) is 5.72. The summed E-state index contributed by atoms with van der Waals surface area (Å²) in [4.78, 5) is 4.26. The van der Waals surface area contributed by atoms with Gasteiger partial charge in [0.1, 0.15) is 5.82 Å². The third-order valence-electron chi connectivity index (χ3n) is 1.31. The molecule has 0 saturated heterocycles. The van der Waals surface area contributed by atoms with Crippen LogP contribution in [0.3, 0.4) is 0 Å². The lowest BCUT2D eigenvalue weighted by Crippen LogP contribution is -1.98. The lowest BCUT2D eigenvalue weighted by molar-refractivity contribution is 0.766. The summed E-state index contributed by atoms with van der Waals surface area (Å²) in [6.07, 6.45) is 0. The molecular weight excluding hydrogens is 208 g/mol. The molecule has 1 atom stereocenters. The minimum atomic E-state index is 0.641. The lowest BCUT2D eigenvalue weighted by atomic mass is 10.3. The van der Waals surface area contributed by atoms with Gasteiger partial charge in [-0.15, -0.1) is 0 Å². The standard InChI is InChI=1S/C7H12N2S3/c1-5(3-10)4-11-7-8-6(2)9-12-7/h5,10H,3-4H2,1-2H3. The number of hydrogen-bond acceptors (Lipinski definition) is 5. The second kappa shape index (κ2) is 5.09. The number of aromatic nitrogens is 2. The summed E-state index contributed by atoms with van der Waals surface area (Å²) in [6.45, 7) is 4.11. The van der Waals surface area contributed by atoms with Gasteiger partial charge in [-0.1, -0.05) is 18.7 Å². The summed E-state index contributed by atoms with van der Waals surface area (Å²) < 4.78 is 5.18. The van der Waals surface area contributed by atoms with E-state index in [1.165, 1.54) is 11.5 Å². The topological polar surface area (TPSA) is 25.8 Å². The van der Waals surface area contributed by atoms with Gasteiger partial charge in [0.05, 0.1) is 0 Å². The van der Waals surface area contributed by atoms with Crippen molar-refractivity contribution in [3.63, 3.8) is 0 Å². The molecule has 0 fully saturated rings. The number of thiol groups is 1. The molecule has 0 amide bonds. The molecular formula is C7H12N2S3. The number of hydrogen-bond donors (Lipinski definition) is 1. The predicted molar refractivity (Wildman–Crippen MR) is 58.4 cm³/mol. The Balaban J connectivity index is 2.33. The van der Waals surface area contributed by atoms with Crippen LogP contribution in [-0.2, 0) is 0 Å². The van der Waals surface area contributed by atoms with Gasteiger partial charge in [-0.25, -0.2) is 4.98 Å². The average molecular weight is 220 g/mol. The third kappa shape index (κ3) is 3.33. The molecule has 0 spiro atoms. The third-order valence-corrected chi connectivity index (χ3v) is 4.19. The van der Waals surface area contributed by atoms with Crippen molar-refractivity contribution < 1.29 is 0 Å². The zero-order chi connectivity index (χ0) is 8.97. The normalized spacial score (nSPS) is 13.2. The fourth-order valence-electron chi connectivity index (χ4n) is 0.603. The van der Waals surface area contributed by atoms with E-state index in [0.29, 0.717) is 5.92 Å². The Hall–Kier alpha value is 0.260. The van der Waals surface area contributed by atoms with Crippen molar-refractivity contribution in [2.24, 2.45) is 5.92 Å². The van der Waals surface area contributed by atoms with Crippen molar-refractivity contribution in [2.75, 3.05) is 11.5 Å². The molecule has 1 aromatic heterocycles. The Morgan fingerprint density at radius 2 is 2.42 bits per heavy atom. The van der Waals surface area contributed by atoms with Crippen LogP contribution in [0.4, 0.5) is 0 Å². The summed E-state index contributed by atoms with van der Waals surface area (Å²) in [5, 5.41) is 0. The van der Waals surface area contributed by atoms with E-state index in [0.717, 1.165) is 21.7 Å². The van der Waals surface area contributed by atoms with E-state index in [1.54, 1.807) is 11.8 Å². The molecule has 0 saturated carbocycles. The molecule has 0 bridgehead atoms. The lowest BCUT2D eigenvalue weighted by Gasteiger charge is -2.03. The molecule has 1 rings (SSSR count). The fraction of sp³-hybridized carbons (Fsp3) is 0.714. The highest BCUT2D eigenvalue weighted by atomic mass is 32.2. The van der Waals surface area contributed by atoms with Crippen LogP contribution in [0.2, 0.25) is 0 Å². The molecule has 0 N–H and O–H groups in total. The maximum Gasteiger partial charge on any atom is 0.170 e. The van der Waals surface area contributed by atoms with Gasteiger partial charge in [-0.05, 0) is 30.1 Å². The molecule has 5 heteroatoms. The van der Waals surface area contributed by atoms with E-state index >= 15 is 0 Å². The SMILES string of the molecule is Cc1nsc(SCC(C)CS)n1. The molecule has 0 aliphatic heterocycles. The molecule has 0 aliphatic rings. The van der Waals surface area contributed by atoms with Gasteiger partial charge in [0.2, 0.25) is 0 Å². The molecule has 68 valence electrons. The van der Waals surface area contributed by atoms with Gasteiger partial charge in [-0.2, -0.15) is 17.0 Å². The fourth-order valence-corrected chi connectivity index (χ4v) is 2.60. The van der Waals surface area contributed by atoms with Crippen molar-refractivity contribution in [3.8, 4) is 0 Å². The molecule has 1 aromatic rings. The van der Waals surface area contributed by atoms with Crippen LogP contribution in [-0.4, -0.2) is 20.9 Å². The molecule has 1 heterocycles. The van der Waals surface area contributed by atoms with E-state index in [2.05, 4.69) is 28.9 Å². The van der Waals surface area contributed by atoms with Gasteiger partial charge >= 0.3 is 0 Å². The zero-order valence-electron chi connectivity index (χ0n) is 7.15. The van der Waals surface area contributed by atoms with Crippen LogP contribution in [0.1, 0.15) is 12.7 Å². The molecule has 2 nitrogen and oxygen atoms in total. The maximum absolute atomic E-state index is 4.26. The van der Waals surface area contributed by atoms with E-state index in [1.807, 2.05) is 6.92 Å². The first kappa shape index (κ1) is 10.3. The Morgan fingerprint density at radius 3 is 2.92 bits per heavy atom. The van der Waals surface area contributed by atoms with E-state index in [4.69, 9.17) is 0 Å². The first-order valence-corrected chi connectivity index (χ1v) is 6.15.